The van der Waals surface area contributed by atoms with Crippen molar-refractivity contribution in [2.45, 2.75) is 41.5 Å². The van der Waals surface area contributed by atoms with Crippen LogP contribution in [0.3, 0.4) is 0 Å². The molecule has 6 heteroatoms. The number of benzene rings is 2. The van der Waals surface area contributed by atoms with Crippen LogP contribution in [0, 0.1) is 41.5 Å². The third kappa shape index (κ3) is 19.4. The molecule has 0 saturated heterocycles. The van der Waals surface area contributed by atoms with Gasteiger partial charge in [0.05, 0.1) is 0 Å². The first kappa shape index (κ1) is 41.1. The summed E-state index contributed by atoms with van der Waals surface area (Å²) >= 11 is 0. The maximum Gasteiger partial charge on any atom is 0 e. The Morgan fingerprint density at radius 3 is 0.500 bits per heavy atom. The Balaban J connectivity index is -0.0000000540. The second-order valence-electron chi connectivity index (χ2n) is 5.33. The van der Waals surface area contributed by atoms with Gasteiger partial charge in [-0.05, 0) is 41.5 Å². The summed E-state index contributed by atoms with van der Waals surface area (Å²) < 4.78 is 0. The molecule has 2 aromatic carbocycles. The molecule has 0 aromatic heterocycles. The molecule has 0 spiro atoms. The zero-order chi connectivity index (χ0) is 13.7. The number of rotatable bonds is 0. The zero-order valence-corrected chi connectivity index (χ0v) is 27.0. The Kier molecular flexibility index (Phi) is 37.7. The summed E-state index contributed by atoms with van der Waals surface area (Å²) in [6.45, 7) is 12.8. The number of hydrogen-bond donors (Lipinski definition) is 0. The maximum absolute atomic E-state index is 2.19. The minimum absolute atomic E-state index is 0. The first-order valence-electron chi connectivity index (χ1n) is 6.46. The molecule has 1 radical (unpaired) electrons. The molecular formula is C18H24I5V-5. The quantitative estimate of drug-likeness (QED) is 0.231. The van der Waals surface area contributed by atoms with Gasteiger partial charge in [0.1, 0.15) is 0 Å². The largest absolute Gasteiger partial charge is 1.00 e. The van der Waals surface area contributed by atoms with Crippen molar-refractivity contribution in [3.63, 3.8) is 0 Å². The fourth-order valence-corrected chi connectivity index (χ4v) is 2.40. The van der Waals surface area contributed by atoms with Crippen molar-refractivity contribution in [1.82, 2.24) is 0 Å². The van der Waals surface area contributed by atoms with Crippen LogP contribution in [-0.4, -0.2) is 0 Å². The van der Waals surface area contributed by atoms with Crippen LogP contribution in [0.4, 0.5) is 0 Å². The Labute approximate surface area is 245 Å². The van der Waals surface area contributed by atoms with Crippen molar-refractivity contribution in [2.24, 2.45) is 0 Å². The first-order chi connectivity index (χ1) is 8.36. The van der Waals surface area contributed by atoms with Gasteiger partial charge >= 0.3 is 0 Å². The summed E-state index contributed by atoms with van der Waals surface area (Å²) in [6, 6.07) is 13.1. The van der Waals surface area contributed by atoms with E-state index in [0.717, 1.165) is 0 Å². The van der Waals surface area contributed by atoms with Crippen molar-refractivity contribution >= 4 is 0 Å². The summed E-state index contributed by atoms with van der Waals surface area (Å²) in [7, 11) is 0. The second kappa shape index (κ2) is 22.0. The van der Waals surface area contributed by atoms with E-state index in [0.29, 0.717) is 0 Å². The summed E-state index contributed by atoms with van der Waals surface area (Å²) in [5.74, 6) is 0. The molecule has 0 nitrogen and oxygen atoms in total. The SMILES string of the molecule is Cc1cc(C)cc(C)c1.Cc1cc(C)cc(C)c1.[I-].[I-].[I-].[I-].[I-].[V]. The second-order valence-corrected chi connectivity index (χ2v) is 5.33. The molecule has 2 rings (SSSR count). The van der Waals surface area contributed by atoms with Crippen LogP contribution in [-0.2, 0) is 18.6 Å². The van der Waals surface area contributed by atoms with Crippen LogP contribution in [0.25, 0.3) is 0 Å². The molecule has 141 valence electrons. The van der Waals surface area contributed by atoms with E-state index in [2.05, 4.69) is 77.9 Å². The Morgan fingerprint density at radius 1 is 0.333 bits per heavy atom. The predicted octanol–water partition coefficient (Wildman–Crippen LogP) is -9.76. The van der Waals surface area contributed by atoms with Crippen LogP contribution in [0.5, 0.6) is 0 Å². The van der Waals surface area contributed by atoms with Gasteiger partial charge in [-0.25, -0.2) is 0 Å². The van der Waals surface area contributed by atoms with Gasteiger partial charge < -0.3 is 120 Å². The summed E-state index contributed by atoms with van der Waals surface area (Å²) in [5.41, 5.74) is 8.13. The molecule has 0 aliphatic heterocycles. The van der Waals surface area contributed by atoms with E-state index in [4.69, 9.17) is 0 Å². The van der Waals surface area contributed by atoms with Crippen molar-refractivity contribution in [3.8, 4) is 0 Å². The fourth-order valence-electron chi connectivity index (χ4n) is 2.40. The van der Waals surface area contributed by atoms with Crippen LogP contribution >= 0.6 is 0 Å². The Bertz CT molecular complexity index is 394. The van der Waals surface area contributed by atoms with Gasteiger partial charge in [0.25, 0.3) is 0 Å². The van der Waals surface area contributed by atoms with Gasteiger partial charge in [0.15, 0.2) is 0 Å². The minimum Gasteiger partial charge on any atom is -1.00 e. The molecule has 24 heavy (non-hydrogen) atoms. The number of halogens is 5. The number of hydrogen-bond acceptors (Lipinski definition) is 0. The molecule has 0 atom stereocenters. The van der Waals surface area contributed by atoms with E-state index in [1.54, 1.807) is 0 Å². The maximum atomic E-state index is 2.19. The van der Waals surface area contributed by atoms with Gasteiger partial charge in [-0.1, -0.05) is 69.8 Å². The Morgan fingerprint density at radius 2 is 0.417 bits per heavy atom. The molecule has 0 aliphatic carbocycles. The summed E-state index contributed by atoms with van der Waals surface area (Å²) in [4.78, 5) is 0. The average molecular weight is 926 g/mol. The molecule has 0 aliphatic rings. The van der Waals surface area contributed by atoms with E-state index in [1.165, 1.54) is 33.4 Å². The van der Waals surface area contributed by atoms with Crippen LogP contribution in [0.2, 0.25) is 0 Å². The van der Waals surface area contributed by atoms with E-state index in [1.807, 2.05) is 0 Å². The van der Waals surface area contributed by atoms with E-state index >= 15 is 0 Å². The smallest absolute Gasteiger partial charge is 0 e. The topological polar surface area (TPSA) is 0 Å². The molecule has 0 N–H and O–H groups in total. The van der Waals surface area contributed by atoms with Crippen molar-refractivity contribution < 1.29 is 138 Å². The Hall–Kier alpha value is 2.67. The van der Waals surface area contributed by atoms with Crippen molar-refractivity contribution in [2.75, 3.05) is 0 Å². The molecule has 0 fully saturated rings. The van der Waals surface area contributed by atoms with Gasteiger partial charge in [0, 0.05) is 18.6 Å². The monoisotopic (exact) mass is 926 g/mol. The fraction of sp³-hybridized carbons (Fsp3) is 0.333. The van der Waals surface area contributed by atoms with Crippen LogP contribution < -0.4 is 120 Å². The van der Waals surface area contributed by atoms with E-state index < -0.39 is 0 Å². The molecule has 0 saturated carbocycles. The summed E-state index contributed by atoms with van der Waals surface area (Å²) in [6.07, 6.45) is 0. The molecule has 0 amide bonds. The van der Waals surface area contributed by atoms with Gasteiger partial charge in [-0.2, -0.15) is 0 Å². The van der Waals surface area contributed by atoms with E-state index in [9.17, 15) is 0 Å². The van der Waals surface area contributed by atoms with Crippen molar-refractivity contribution in [3.05, 3.63) is 69.8 Å². The molecule has 0 heterocycles. The molecule has 2 aromatic rings. The normalized spacial score (nSPS) is 7.25. The van der Waals surface area contributed by atoms with Gasteiger partial charge in [-0.15, -0.1) is 0 Å². The van der Waals surface area contributed by atoms with E-state index in [-0.39, 0.29) is 138 Å². The minimum atomic E-state index is 0. The zero-order valence-electron chi connectivity index (χ0n) is 14.8. The van der Waals surface area contributed by atoms with Gasteiger partial charge in [0.2, 0.25) is 0 Å². The van der Waals surface area contributed by atoms with Crippen LogP contribution in [0.15, 0.2) is 36.4 Å². The third-order valence-electron chi connectivity index (χ3n) is 2.73. The molecule has 0 unspecified atom stereocenters. The third-order valence-corrected chi connectivity index (χ3v) is 2.73. The van der Waals surface area contributed by atoms with Gasteiger partial charge in [-0.3, -0.25) is 0 Å². The predicted molar refractivity (Wildman–Crippen MR) is 81.3 cm³/mol. The molecule has 0 bridgehead atoms. The number of aryl methyl sites for hydroxylation is 6. The standard InChI is InChI=1S/2C9H12.5HI.V/c2*1-7-4-8(2)6-9(3)5-7;;;;;;/h2*4-6H,1-3H3;5*1H;/p-5. The average Bonchev–Trinajstić information content (AvgIpc) is 2.12. The van der Waals surface area contributed by atoms with Crippen molar-refractivity contribution in [1.29, 1.82) is 0 Å². The summed E-state index contributed by atoms with van der Waals surface area (Å²) in [5, 5.41) is 0. The first-order valence-corrected chi connectivity index (χ1v) is 6.46. The molecular weight excluding hydrogens is 902 g/mol. The van der Waals surface area contributed by atoms with Crippen LogP contribution in [0.1, 0.15) is 33.4 Å².